The number of carbonyl (C=O) groups is 1. The Morgan fingerprint density at radius 1 is 1.39 bits per heavy atom. The zero-order chi connectivity index (χ0) is 13.6. The quantitative estimate of drug-likeness (QED) is 0.770. The van der Waals surface area contributed by atoms with Crippen LogP contribution in [0.25, 0.3) is 0 Å². The minimum Gasteiger partial charge on any atom is -0.495 e. The molecule has 0 aliphatic rings. The van der Waals surface area contributed by atoms with Crippen molar-refractivity contribution < 1.29 is 17.9 Å². The number of rotatable bonds is 7. The Morgan fingerprint density at radius 2 is 2.11 bits per heavy atom. The van der Waals surface area contributed by atoms with Gasteiger partial charge in [0.25, 0.3) is 0 Å². The van der Waals surface area contributed by atoms with Crippen LogP contribution in [0.5, 0.6) is 5.75 Å². The van der Waals surface area contributed by atoms with E-state index < -0.39 is 10.0 Å². The average Bonchev–Trinajstić information content (AvgIpc) is 2.36. The van der Waals surface area contributed by atoms with E-state index in [-0.39, 0.29) is 5.75 Å². The molecule has 6 heteroatoms. The summed E-state index contributed by atoms with van der Waals surface area (Å²) < 4.78 is 31.0. The van der Waals surface area contributed by atoms with Gasteiger partial charge in [0.2, 0.25) is 10.0 Å². The lowest BCUT2D eigenvalue weighted by Crippen LogP contribution is -2.17. The Kier molecular flexibility index (Phi) is 5.15. The second-order valence-electron chi connectivity index (χ2n) is 3.85. The lowest BCUT2D eigenvalue weighted by atomic mass is 10.2. The van der Waals surface area contributed by atoms with Gasteiger partial charge >= 0.3 is 0 Å². The molecule has 5 nitrogen and oxygen atoms in total. The van der Waals surface area contributed by atoms with E-state index in [9.17, 15) is 13.2 Å². The van der Waals surface area contributed by atoms with Gasteiger partial charge in [0.05, 0.1) is 18.6 Å². The third-order valence-electron chi connectivity index (χ3n) is 2.39. The Morgan fingerprint density at radius 3 is 2.67 bits per heavy atom. The van der Waals surface area contributed by atoms with Crippen molar-refractivity contribution in [3.63, 3.8) is 0 Å². The molecule has 0 bridgehead atoms. The number of nitrogens with one attached hydrogen (secondary N) is 1. The number of benzene rings is 1. The Labute approximate surface area is 107 Å². The third-order valence-corrected chi connectivity index (χ3v) is 3.75. The van der Waals surface area contributed by atoms with Crippen LogP contribution in [0.15, 0.2) is 18.2 Å². The van der Waals surface area contributed by atoms with Gasteiger partial charge in [0.15, 0.2) is 0 Å². The summed E-state index contributed by atoms with van der Waals surface area (Å²) >= 11 is 0. The number of anilines is 1. The molecule has 0 radical (unpaired) electrons. The van der Waals surface area contributed by atoms with Gasteiger partial charge in [-0.05, 0) is 24.6 Å². The van der Waals surface area contributed by atoms with E-state index in [2.05, 4.69) is 4.72 Å². The maximum atomic E-state index is 11.8. The number of hydrogen-bond acceptors (Lipinski definition) is 4. The molecule has 0 amide bonds. The summed E-state index contributed by atoms with van der Waals surface area (Å²) in [6.45, 7) is 1.92. The third kappa shape index (κ3) is 4.03. The van der Waals surface area contributed by atoms with E-state index in [0.717, 1.165) is 6.42 Å². The van der Waals surface area contributed by atoms with E-state index >= 15 is 0 Å². The smallest absolute Gasteiger partial charge is 0.232 e. The fourth-order valence-electron chi connectivity index (χ4n) is 1.43. The maximum absolute atomic E-state index is 11.8. The van der Waals surface area contributed by atoms with Crippen LogP contribution in [-0.2, 0) is 10.0 Å². The zero-order valence-electron chi connectivity index (χ0n) is 10.5. The number of ether oxygens (including phenoxy) is 1. The molecule has 1 aromatic rings. The molecular formula is C12H17NO4S. The molecule has 0 aliphatic heterocycles. The predicted molar refractivity (Wildman–Crippen MR) is 70.7 cm³/mol. The topological polar surface area (TPSA) is 72.5 Å². The van der Waals surface area contributed by atoms with Gasteiger partial charge in [-0.2, -0.15) is 0 Å². The molecule has 0 atom stereocenters. The zero-order valence-corrected chi connectivity index (χ0v) is 11.3. The van der Waals surface area contributed by atoms with E-state index in [1.165, 1.54) is 13.2 Å². The maximum Gasteiger partial charge on any atom is 0.232 e. The minimum atomic E-state index is -3.40. The van der Waals surface area contributed by atoms with Crippen LogP contribution in [0.4, 0.5) is 5.69 Å². The Balaban J connectivity index is 2.97. The molecule has 0 heterocycles. The van der Waals surface area contributed by atoms with Crippen molar-refractivity contribution >= 4 is 22.0 Å². The summed E-state index contributed by atoms with van der Waals surface area (Å²) in [6.07, 6.45) is 2.04. The van der Waals surface area contributed by atoms with Gasteiger partial charge in [-0.15, -0.1) is 0 Å². The van der Waals surface area contributed by atoms with Crippen molar-refractivity contribution in [2.45, 2.75) is 19.8 Å². The highest BCUT2D eigenvalue weighted by atomic mass is 32.2. The summed E-state index contributed by atoms with van der Waals surface area (Å²) in [7, 11) is -1.96. The molecule has 0 spiro atoms. The van der Waals surface area contributed by atoms with Gasteiger partial charge in [0.1, 0.15) is 12.0 Å². The Bertz CT molecular complexity index is 511. The van der Waals surface area contributed by atoms with Crippen molar-refractivity contribution in [3.05, 3.63) is 23.8 Å². The fourth-order valence-corrected chi connectivity index (χ4v) is 2.70. The SMILES string of the molecule is CCCCS(=O)(=O)Nc1cc(C=O)ccc1OC. The lowest BCUT2D eigenvalue weighted by molar-refractivity contribution is 0.112. The van der Waals surface area contributed by atoms with Crippen LogP contribution in [0.2, 0.25) is 0 Å². The molecule has 1 rings (SSSR count). The summed E-state index contributed by atoms with van der Waals surface area (Å²) in [5, 5.41) is 0. The Hall–Kier alpha value is -1.56. The molecule has 0 unspecified atom stereocenters. The van der Waals surface area contributed by atoms with Crippen LogP contribution in [0.3, 0.4) is 0 Å². The van der Waals surface area contributed by atoms with Crippen molar-refractivity contribution in [3.8, 4) is 5.75 Å². The van der Waals surface area contributed by atoms with Gasteiger partial charge in [-0.25, -0.2) is 8.42 Å². The number of methoxy groups -OCH3 is 1. The molecule has 0 saturated heterocycles. The van der Waals surface area contributed by atoms with E-state index in [1.807, 2.05) is 6.92 Å². The van der Waals surface area contributed by atoms with E-state index in [0.29, 0.717) is 29.7 Å². The van der Waals surface area contributed by atoms with Crippen LogP contribution < -0.4 is 9.46 Å². The molecular weight excluding hydrogens is 254 g/mol. The fraction of sp³-hybridized carbons (Fsp3) is 0.417. The van der Waals surface area contributed by atoms with Gasteiger partial charge < -0.3 is 4.74 Å². The van der Waals surface area contributed by atoms with Crippen LogP contribution in [0, 0.1) is 0 Å². The first-order valence-electron chi connectivity index (χ1n) is 5.66. The van der Waals surface area contributed by atoms with Crippen molar-refractivity contribution in [2.75, 3.05) is 17.6 Å². The minimum absolute atomic E-state index is 0.0535. The summed E-state index contributed by atoms with van der Waals surface area (Å²) in [5.74, 6) is 0.443. The average molecular weight is 271 g/mol. The van der Waals surface area contributed by atoms with Gasteiger partial charge in [-0.1, -0.05) is 13.3 Å². The second-order valence-corrected chi connectivity index (χ2v) is 5.69. The highest BCUT2D eigenvalue weighted by Crippen LogP contribution is 2.26. The first kappa shape index (κ1) is 14.5. The van der Waals surface area contributed by atoms with Crippen molar-refractivity contribution in [1.29, 1.82) is 0 Å². The monoisotopic (exact) mass is 271 g/mol. The van der Waals surface area contributed by atoms with Gasteiger partial charge in [-0.3, -0.25) is 9.52 Å². The summed E-state index contributed by atoms with van der Waals surface area (Å²) in [4.78, 5) is 10.7. The molecule has 0 aromatic heterocycles. The number of hydrogen-bond donors (Lipinski definition) is 1. The molecule has 18 heavy (non-hydrogen) atoms. The lowest BCUT2D eigenvalue weighted by Gasteiger charge is -2.11. The molecule has 1 N–H and O–H groups in total. The predicted octanol–water partition coefficient (Wildman–Crippen LogP) is 2.05. The molecule has 1 aromatic carbocycles. The van der Waals surface area contributed by atoms with Crippen molar-refractivity contribution in [2.24, 2.45) is 0 Å². The van der Waals surface area contributed by atoms with E-state index in [1.54, 1.807) is 12.1 Å². The van der Waals surface area contributed by atoms with Crippen LogP contribution in [0.1, 0.15) is 30.1 Å². The van der Waals surface area contributed by atoms with Crippen molar-refractivity contribution in [1.82, 2.24) is 0 Å². The van der Waals surface area contributed by atoms with Crippen LogP contribution >= 0.6 is 0 Å². The highest BCUT2D eigenvalue weighted by molar-refractivity contribution is 7.92. The standard InChI is InChI=1S/C12H17NO4S/c1-3-4-7-18(15,16)13-11-8-10(9-14)5-6-12(11)17-2/h5-6,8-9,13H,3-4,7H2,1-2H3. The normalized spacial score (nSPS) is 11.0. The largest absolute Gasteiger partial charge is 0.495 e. The first-order valence-corrected chi connectivity index (χ1v) is 7.31. The van der Waals surface area contributed by atoms with Gasteiger partial charge in [0, 0.05) is 5.56 Å². The number of aldehydes is 1. The van der Waals surface area contributed by atoms with E-state index in [4.69, 9.17) is 4.74 Å². The number of unbranched alkanes of at least 4 members (excludes halogenated alkanes) is 1. The number of sulfonamides is 1. The molecule has 0 saturated carbocycles. The van der Waals surface area contributed by atoms with Crippen LogP contribution in [-0.4, -0.2) is 27.6 Å². The first-order chi connectivity index (χ1) is 8.52. The molecule has 0 aliphatic carbocycles. The molecule has 0 fully saturated rings. The number of carbonyl (C=O) groups excluding carboxylic acids is 1. The summed E-state index contributed by atoms with van der Waals surface area (Å²) in [6, 6.07) is 4.58. The molecule has 100 valence electrons. The summed E-state index contributed by atoms with van der Waals surface area (Å²) in [5.41, 5.74) is 0.683. The second kappa shape index (κ2) is 6.39. The highest BCUT2D eigenvalue weighted by Gasteiger charge is 2.13.